The Kier molecular flexibility index (Phi) is 33.7. The maximum Gasteiger partial charge on any atom is 0.305 e. The van der Waals surface area contributed by atoms with E-state index in [0.717, 1.165) is 13.8 Å². The molecule has 0 aromatic carbocycles. The van der Waals surface area contributed by atoms with Crippen LogP contribution in [-0.2, 0) is 95.9 Å². The van der Waals surface area contributed by atoms with Crippen LogP contribution in [0.5, 0.6) is 0 Å². The number of primary amides is 3. The fourth-order valence-electron chi connectivity index (χ4n) is 7.05. The number of amides is 14. The summed E-state index contributed by atoms with van der Waals surface area (Å²) in [6.45, 7) is -0.805. The van der Waals surface area contributed by atoms with E-state index in [0.29, 0.717) is 0 Å². The van der Waals surface area contributed by atoms with Gasteiger partial charge in [0, 0.05) is 26.2 Å². The zero-order chi connectivity index (χ0) is 67.9. The van der Waals surface area contributed by atoms with E-state index in [4.69, 9.17) is 17.2 Å². The molecule has 490 valence electrons. The van der Waals surface area contributed by atoms with Gasteiger partial charge in [0.05, 0.1) is 45.3 Å². The summed E-state index contributed by atoms with van der Waals surface area (Å²) in [6.07, 6.45) is -11.2. The fourth-order valence-corrected chi connectivity index (χ4v) is 7.05. The standard InChI is InChI=1S/C46H68N14O28/c1-16(36(49)78)50-37(79)18(3-6-30(66)67)52-38(80)19(4-7-31(68)69)53-42(84)23(11-33(72)73)58-46(88)27(15-62)59-41(83)22(10-29(48)65)55-43(85)24(12-34(74)75)56-39(81)20(5-8-32(70)71)54-45(87)26(14-61)60-44(86)25(13-35(76)77)57-40(82)21(9-28(47)64)51-17(2)63/h16,18-27,61-62H,3-15H2,1-2H3,(H2,47,64)(H2,48,65)(H2,49,78)(H,50,79)(H,51,63)(H,52,80)(H,53,84)(H,54,87)(H,55,85)(H,56,81)(H,57,82)(H,58,88)(H,59,83)(H,60,86)(H,66,67)(H,68,69)(H,70,71)(H,72,73)(H,74,75)(H,76,77)/t16-,18-,19-,20-,21-,22-,23-,24-,25-,26-,27-/m1/s1. The molecule has 0 saturated heterocycles. The van der Waals surface area contributed by atoms with Gasteiger partial charge in [0.2, 0.25) is 82.7 Å². The molecule has 25 N–H and O–H groups in total. The first-order valence-electron chi connectivity index (χ1n) is 25.5. The van der Waals surface area contributed by atoms with Crippen molar-refractivity contribution < 1.29 is 137 Å². The molecule has 0 spiro atoms. The Morgan fingerprint density at radius 3 is 0.716 bits per heavy atom. The molecule has 0 aliphatic carbocycles. The van der Waals surface area contributed by atoms with Gasteiger partial charge in [0.15, 0.2) is 0 Å². The number of rotatable bonds is 43. The molecule has 0 saturated carbocycles. The third-order valence-corrected chi connectivity index (χ3v) is 11.4. The molecule has 14 amide bonds. The molecule has 0 aliphatic heterocycles. The van der Waals surface area contributed by atoms with Crippen LogP contribution in [0.4, 0.5) is 0 Å². The highest BCUT2D eigenvalue weighted by Gasteiger charge is 2.38. The van der Waals surface area contributed by atoms with Crippen LogP contribution in [0, 0.1) is 0 Å². The van der Waals surface area contributed by atoms with Crippen molar-refractivity contribution in [3.63, 3.8) is 0 Å². The fraction of sp³-hybridized carbons (Fsp3) is 0.565. The number of hydrogen-bond acceptors (Lipinski definition) is 22. The van der Waals surface area contributed by atoms with Crippen molar-refractivity contribution in [2.45, 2.75) is 151 Å². The molecule has 0 fully saturated rings. The van der Waals surface area contributed by atoms with Gasteiger partial charge in [-0.2, -0.15) is 0 Å². The van der Waals surface area contributed by atoms with Gasteiger partial charge in [0.1, 0.15) is 66.5 Å². The minimum Gasteiger partial charge on any atom is -0.481 e. The quantitative estimate of drug-likeness (QED) is 0.0270. The topological polar surface area (TPSA) is 714 Å². The predicted molar refractivity (Wildman–Crippen MR) is 281 cm³/mol. The van der Waals surface area contributed by atoms with Crippen LogP contribution in [0.3, 0.4) is 0 Å². The Bertz CT molecular complexity index is 2670. The molecule has 42 heteroatoms. The second-order valence-electron chi connectivity index (χ2n) is 18.7. The van der Waals surface area contributed by atoms with E-state index in [1.807, 2.05) is 47.9 Å². The van der Waals surface area contributed by atoms with Crippen LogP contribution in [0.25, 0.3) is 0 Å². The van der Waals surface area contributed by atoms with E-state index in [-0.39, 0.29) is 0 Å². The summed E-state index contributed by atoms with van der Waals surface area (Å²) >= 11 is 0. The summed E-state index contributed by atoms with van der Waals surface area (Å²) in [5.41, 5.74) is 15.4. The first kappa shape index (κ1) is 77.3. The number of aliphatic hydroxyl groups is 2. The van der Waals surface area contributed by atoms with Gasteiger partial charge in [0.25, 0.3) is 0 Å². The summed E-state index contributed by atoms with van der Waals surface area (Å²) in [7, 11) is 0. The number of carboxylic acid groups (broad SMARTS) is 6. The first-order chi connectivity index (χ1) is 40.8. The van der Waals surface area contributed by atoms with Crippen molar-refractivity contribution in [2.75, 3.05) is 13.2 Å². The molecule has 0 aliphatic rings. The predicted octanol–water partition coefficient (Wildman–Crippen LogP) is -12.4. The van der Waals surface area contributed by atoms with E-state index < -0.39 is 269 Å². The van der Waals surface area contributed by atoms with Crippen LogP contribution in [0.1, 0.15) is 84.5 Å². The Hall–Kier alpha value is -10.7. The molecule has 0 bridgehead atoms. The largest absolute Gasteiger partial charge is 0.481 e. The van der Waals surface area contributed by atoms with Crippen LogP contribution < -0.4 is 75.7 Å². The van der Waals surface area contributed by atoms with Crippen molar-refractivity contribution in [3.05, 3.63) is 0 Å². The molecule has 0 radical (unpaired) electrons. The smallest absolute Gasteiger partial charge is 0.305 e. The maximum atomic E-state index is 13.7. The second kappa shape index (κ2) is 38.3. The third-order valence-electron chi connectivity index (χ3n) is 11.4. The van der Waals surface area contributed by atoms with Crippen molar-refractivity contribution in [3.8, 4) is 0 Å². The lowest BCUT2D eigenvalue weighted by Gasteiger charge is -2.27. The highest BCUT2D eigenvalue weighted by Crippen LogP contribution is 2.09. The van der Waals surface area contributed by atoms with Crippen molar-refractivity contribution in [2.24, 2.45) is 17.2 Å². The van der Waals surface area contributed by atoms with Crippen molar-refractivity contribution >= 4 is 119 Å². The van der Waals surface area contributed by atoms with Gasteiger partial charge in [-0.3, -0.25) is 95.9 Å². The normalized spacial score (nSPS) is 14.4. The number of hydrogen-bond donors (Lipinski definition) is 22. The van der Waals surface area contributed by atoms with Crippen LogP contribution in [-0.4, -0.2) is 239 Å². The van der Waals surface area contributed by atoms with E-state index in [9.17, 15) is 137 Å². The number of nitrogens with one attached hydrogen (secondary N) is 11. The Labute approximate surface area is 494 Å². The zero-order valence-electron chi connectivity index (χ0n) is 46.5. The number of aliphatic hydroxyl groups excluding tert-OH is 2. The van der Waals surface area contributed by atoms with E-state index >= 15 is 0 Å². The van der Waals surface area contributed by atoms with Crippen molar-refractivity contribution in [1.82, 2.24) is 58.5 Å². The average Bonchev–Trinajstić information content (AvgIpc) is 2.85. The number of carbonyl (C=O) groups is 20. The molecular weight excluding hydrogens is 1200 g/mol. The van der Waals surface area contributed by atoms with Crippen LogP contribution >= 0.6 is 0 Å². The Morgan fingerprint density at radius 1 is 0.295 bits per heavy atom. The summed E-state index contributed by atoms with van der Waals surface area (Å²) in [6, 6.07) is -22.7. The lowest BCUT2D eigenvalue weighted by Crippen LogP contribution is -2.62. The number of nitrogens with two attached hydrogens (primary N) is 3. The summed E-state index contributed by atoms with van der Waals surface area (Å²) < 4.78 is 0. The van der Waals surface area contributed by atoms with Gasteiger partial charge in [-0.1, -0.05) is 0 Å². The highest BCUT2D eigenvalue weighted by molar-refractivity contribution is 6.02. The van der Waals surface area contributed by atoms with Gasteiger partial charge in [-0.05, 0) is 26.2 Å². The third kappa shape index (κ3) is 30.7. The van der Waals surface area contributed by atoms with Gasteiger partial charge < -0.3 is 117 Å². The van der Waals surface area contributed by atoms with Gasteiger partial charge >= 0.3 is 35.8 Å². The summed E-state index contributed by atoms with van der Waals surface area (Å²) in [5.74, 6) is -29.8. The lowest BCUT2D eigenvalue weighted by molar-refractivity contribution is -0.143. The van der Waals surface area contributed by atoms with Crippen LogP contribution in [0.2, 0.25) is 0 Å². The SMILES string of the molecule is CC(=O)N[C@H](CC(N)=O)C(=O)N[C@H](CC(=O)O)C(=O)N[C@H](CO)C(=O)N[C@H](CCC(=O)O)C(=O)N[C@H](CC(=O)O)C(=O)N[C@H](CC(N)=O)C(=O)N[C@H](CO)C(=O)N[C@H](CC(=O)O)C(=O)N[C@H](CCC(=O)O)C(=O)N[C@H](CCC(=O)O)C(=O)N[C@H](C)C(N)=O. The van der Waals surface area contributed by atoms with Crippen molar-refractivity contribution in [1.29, 1.82) is 0 Å². The zero-order valence-corrected chi connectivity index (χ0v) is 46.5. The molecule has 0 aromatic heterocycles. The maximum absolute atomic E-state index is 13.7. The molecule has 0 heterocycles. The first-order valence-corrected chi connectivity index (χ1v) is 25.5. The molecular formula is C46H68N14O28. The minimum absolute atomic E-state index is 0.658. The van der Waals surface area contributed by atoms with E-state index in [2.05, 4.69) is 10.6 Å². The molecule has 11 atom stereocenters. The molecule has 88 heavy (non-hydrogen) atoms. The average molecular weight is 1270 g/mol. The monoisotopic (exact) mass is 1260 g/mol. The Morgan fingerprint density at radius 2 is 0.500 bits per heavy atom. The van der Waals surface area contributed by atoms with E-state index in [1.165, 1.54) is 0 Å². The second-order valence-corrected chi connectivity index (χ2v) is 18.7. The molecule has 0 rings (SSSR count). The number of aliphatic carboxylic acids is 6. The molecule has 0 aromatic rings. The van der Waals surface area contributed by atoms with Crippen LogP contribution in [0.15, 0.2) is 0 Å². The van der Waals surface area contributed by atoms with Gasteiger partial charge in [-0.25, -0.2) is 0 Å². The minimum atomic E-state index is -2.38. The highest BCUT2D eigenvalue weighted by atomic mass is 16.4. The summed E-state index contributed by atoms with van der Waals surface area (Å²) in [4.78, 5) is 250. The van der Waals surface area contributed by atoms with Gasteiger partial charge in [-0.15, -0.1) is 0 Å². The molecule has 42 nitrogen and oxygen atoms in total. The molecule has 0 unspecified atom stereocenters. The van der Waals surface area contributed by atoms with E-state index in [1.54, 1.807) is 0 Å². The lowest BCUT2D eigenvalue weighted by atomic mass is 10.1. The Balaban J connectivity index is 6.78. The number of carboxylic acids is 6. The number of carbonyl (C=O) groups excluding carboxylic acids is 14. The summed E-state index contributed by atoms with van der Waals surface area (Å²) in [5, 5.41) is 97.8.